The van der Waals surface area contributed by atoms with Gasteiger partial charge in [-0.25, -0.2) is 4.39 Å². The number of ether oxygens (including phenoxy) is 1. The smallest absolute Gasteiger partial charge is 0.262 e. The third-order valence-corrected chi connectivity index (χ3v) is 2.28. The van der Waals surface area contributed by atoms with Gasteiger partial charge in [-0.3, -0.25) is 0 Å². The summed E-state index contributed by atoms with van der Waals surface area (Å²) < 4.78 is 18.6. The first-order valence-corrected chi connectivity index (χ1v) is 5.31. The molecule has 1 heterocycles. The zero-order chi connectivity index (χ0) is 12.4. The first kappa shape index (κ1) is 12.0. The van der Waals surface area contributed by atoms with Crippen LogP contribution in [-0.4, -0.2) is 15.2 Å². The lowest BCUT2D eigenvalue weighted by Gasteiger charge is -2.07. The number of rotatable bonds is 2. The molecule has 0 unspecified atom stereocenters. The van der Waals surface area contributed by atoms with Gasteiger partial charge < -0.3 is 4.74 Å². The van der Waals surface area contributed by atoms with Crippen LogP contribution in [0.5, 0.6) is 11.6 Å². The van der Waals surface area contributed by atoms with Crippen LogP contribution in [0, 0.1) is 12.7 Å². The van der Waals surface area contributed by atoms with Crippen molar-refractivity contribution in [2.45, 2.75) is 6.92 Å². The molecule has 0 aliphatic heterocycles. The fraction of sp³-hybridized carbons (Fsp3) is 0.100. The van der Waals surface area contributed by atoms with E-state index in [1.165, 1.54) is 12.1 Å². The lowest BCUT2D eigenvalue weighted by atomic mass is 10.2. The average Bonchev–Trinajstić information content (AvgIpc) is 2.28. The summed E-state index contributed by atoms with van der Waals surface area (Å²) in [5.41, 5.74) is 0.839. The molecule has 88 valence electrons. The Balaban J connectivity index is 2.37. The van der Waals surface area contributed by atoms with E-state index in [1.807, 2.05) is 0 Å². The van der Waals surface area contributed by atoms with E-state index < -0.39 is 5.82 Å². The van der Waals surface area contributed by atoms with Gasteiger partial charge >= 0.3 is 0 Å². The van der Waals surface area contributed by atoms with Crippen LogP contribution < -0.4 is 4.74 Å². The Kier molecular flexibility index (Phi) is 3.40. The maximum Gasteiger partial charge on any atom is 0.262 e. The van der Waals surface area contributed by atoms with E-state index in [9.17, 15) is 4.39 Å². The lowest BCUT2D eigenvalue weighted by molar-refractivity contribution is 0.423. The predicted molar refractivity (Wildman–Crippen MR) is 61.1 cm³/mol. The molecule has 2 rings (SSSR count). The van der Waals surface area contributed by atoms with Crippen LogP contribution in [0.4, 0.5) is 4.39 Å². The average molecular weight is 274 g/mol. The molecule has 0 bridgehead atoms. The summed E-state index contributed by atoms with van der Waals surface area (Å²) >= 11 is 11.2. The number of hydrogen-bond acceptors (Lipinski definition) is 4. The molecule has 0 aliphatic carbocycles. The zero-order valence-corrected chi connectivity index (χ0v) is 10.1. The Morgan fingerprint density at radius 3 is 2.76 bits per heavy atom. The van der Waals surface area contributed by atoms with Crippen molar-refractivity contribution in [2.75, 3.05) is 0 Å². The summed E-state index contributed by atoms with van der Waals surface area (Å²) in [6, 6.07) is 4.42. The minimum Gasteiger partial charge on any atom is -0.433 e. The highest BCUT2D eigenvalue weighted by Gasteiger charge is 2.11. The van der Waals surface area contributed by atoms with Gasteiger partial charge in [-0.1, -0.05) is 17.7 Å². The van der Waals surface area contributed by atoms with Crippen LogP contribution >= 0.6 is 23.2 Å². The number of hydrogen-bond donors (Lipinski definition) is 0. The number of aryl methyl sites for hydroxylation is 1. The van der Waals surface area contributed by atoms with Crippen molar-refractivity contribution < 1.29 is 9.13 Å². The van der Waals surface area contributed by atoms with Gasteiger partial charge in [-0.05, 0) is 36.2 Å². The van der Waals surface area contributed by atoms with E-state index in [0.717, 1.165) is 5.56 Å². The molecule has 1 aromatic heterocycles. The summed E-state index contributed by atoms with van der Waals surface area (Å²) in [6.07, 6.45) is 0. The molecule has 7 heteroatoms. The fourth-order valence-electron chi connectivity index (χ4n) is 1.14. The van der Waals surface area contributed by atoms with E-state index in [1.54, 1.807) is 13.0 Å². The van der Waals surface area contributed by atoms with Gasteiger partial charge in [-0.15, -0.1) is 10.2 Å². The first-order chi connectivity index (χ1) is 8.06. The Labute approximate surface area is 106 Å². The zero-order valence-electron chi connectivity index (χ0n) is 8.62. The third kappa shape index (κ3) is 2.81. The quantitative estimate of drug-likeness (QED) is 0.841. The van der Waals surface area contributed by atoms with Crippen molar-refractivity contribution in [3.8, 4) is 11.6 Å². The van der Waals surface area contributed by atoms with Gasteiger partial charge in [0, 0.05) is 0 Å². The fourth-order valence-corrected chi connectivity index (χ4v) is 1.37. The minimum absolute atomic E-state index is 0.00321. The molecule has 0 saturated carbocycles. The highest BCUT2D eigenvalue weighted by Crippen LogP contribution is 2.28. The maximum absolute atomic E-state index is 13.4. The molecule has 2 aromatic rings. The van der Waals surface area contributed by atoms with E-state index >= 15 is 0 Å². The molecule has 0 aliphatic rings. The lowest BCUT2D eigenvalue weighted by Crippen LogP contribution is -1.96. The second-order valence-corrected chi connectivity index (χ2v) is 3.91. The SMILES string of the molecule is Cc1ccc(F)c(Oc2nc(Cl)nnc2Cl)c1. The van der Waals surface area contributed by atoms with Crippen LogP contribution in [0.2, 0.25) is 10.4 Å². The molecule has 4 nitrogen and oxygen atoms in total. The molecule has 17 heavy (non-hydrogen) atoms. The molecule has 0 N–H and O–H groups in total. The van der Waals surface area contributed by atoms with E-state index in [0.29, 0.717) is 0 Å². The van der Waals surface area contributed by atoms with Gasteiger partial charge in [0.25, 0.3) is 5.88 Å². The topological polar surface area (TPSA) is 47.9 Å². The molecule has 0 radical (unpaired) electrons. The van der Waals surface area contributed by atoms with Crippen LogP contribution in [-0.2, 0) is 0 Å². The summed E-state index contributed by atoms with van der Waals surface area (Å²) in [5, 5.41) is 6.71. The number of nitrogens with zero attached hydrogens (tertiary/aromatic N) is 3. The second-order valence-electron chi connectivity index (χ2n) is 3.21. The Hall–Kier alpha value is -1.46. The Bertz CT molecular complexity index is 516. The number of aromatic nitrogens is 3. The highest BCUT2D eigenvalue weighted by molar-refractivity contribution is 6.31. The van der Waals surface area contributed by atoms with Crippen LogP contribution in [0.3, 0.4) is 0 Å². The second kappa shape index (κ2) is 4.81. The molecule has 0 amide bonds. The van der Waals surface area contributed by atoms with E-state index in [4.69, 9.17) is 27.9 Å². The van der Waals surface area contributed by atoms with Crippen LogP contribution in [0.25, 0.3) is 0 Å². The predicted octanol–water partition coefficient (Wildman–Crippen LogP) is 3.42. The standard InChI is InChI=1S/C10H6Cl2FN3O/c1-5-2-3-6(13)7(4-5)17-9-8(11)15-16-10(12)14-9/h2-4H,1H3. The van der Waals surface area contributed by atoms with Gasteiger partial charge in [0.15, 0.2) is 11.6 Å². The monoisotopic (exact) mass is 273 g/mol. The number of halogens is 3. The molecule has 0 saturated heterocycles. The Morgan fingerprint density at radius 2 is 2.00 bits per heavy atom. The summed E-state index contributed by atoms with van der Waals surface area (Å²) in [7, 11) is 0. The van der Waals surface area contributed by atoms with Gasteiger partial charge in [0.05, 0.1) is 0 Å². The summed E-state index contributed by atoms with van der Waals surface area (Å²) in [4.78, 5) is 3.71. The van der Waals surface area contributed by atoms with Crippen LogP contribution in [0.15, 0.2) is 18.2 Å². The van der Waals surface area contributed by atoms with Crippen molar-refractivity contribution in [3.05, 3.63) is 40.0 Å². The normalized spacial score (nSPS) is 10.4. The van der Waals surface area contributed by atoms with E-state index in [-0.39, 0.29) is 22.1 Å². The molecule has 0 atom stereocenters. The van der Waals surface area contributed by atoms with Crippen molar-refractivity contribution in [1.82, 2.24) is 15.2 Å². The Morgan fingerprint density at radius 1 is 1.24 bits per heavy atom. The number of benzene rings is 1. The molecule has 0 fully saturated rings. The van der Waals surface area contributed by atoms with Gasteiger partial charge in [0.2, 0.25) is 10.4 Å². The van der Waals surface area contributed by atoms with E-state index in [2.05, 4.69) is 15.2 Å². The summed E-state index contributed by atoms with van der Waals surface area (Å²) in [5.74, 6) is -0.610. The van der Waals surface area contributed by atoms with Crippen molar-refractivity contribution in [3.63, 3.8) is 0 Å². The molecule has 0 spiro atoms. The van der Waals surface area contributed by atoms with Gasteiger partial charge in [0.1, 0.15) is 0 Å². The molecular weight excluding hydrogens is 268 g/mol. The van der Waals surface area contributed by atoms with Crippen LogP contribution in [0.1, 0.15) is 5.56 Å². The maximum atomic E-state index is 13.4. The minimum atomic E-state index is -0.526. The molecular formula is C10H6Cl2FN3O. The van der Waals surface area contributed by atoms with Crippen molar-refractivity contribution in [1.29, 1.82) is 0 Å². The largest absolute Gasteiger partial charge is 0.433 e. The first-order valence-electron chi connectivity index (χ1n) is 4.56. The van der Waals surface area contributed by atoms with Crippen molar-refractivity contribution >= 4 is 23.2 Å². The van der Waals surface area contributed by atoms with Crippen molar-refractivity contribution in [2.24, 2.45) is 0 Å². The third-order valence-electron chi connectivity index (χ3n) is 1.88. The summed E-state index contributed by atoms with van der Waals surface area (Å²) in [6.45, 7) is 1.80. The highest BCUT2D eigenvalue weighted by atomic mass is 35.5. The molecule has 1 aromatic carbocycles. The van der Waals surface area contributed by atoms with Gasteiger partial charge in [-0.2, -0.15) is 4.98 Å².